The lowest BCUT2D eigenvalue weighted by Crippen LogP contribution is -2.05. The van der Waals surface area contributed by atoms with E-state index in [1.54, 1.807) is 14.2 Å². The van der Waals surface area contributed by atoms with Crippen molar-refractivity contribution < 1.29 is 14.6 Å². The number of hydrogen-bond acceptors (Lipinski definition) is 3. The van der Waals surface area contributed by atoms with Crippen molar-refractivity contribution in [2.45, 2.75) is 19.4 Å². The smallest absolute Gasteiger partial charge is 0.122 e. The lowest BCUT2D eigenvalue weighted by Gasteiger charge is -2.16. The molecule has 2 rings (SSSR count). The van der Waals surface area contributed by atoms with E-state index in [0.29, 0.717) is 6.42 Å². The Bertz CT molecular complexity index is 578. The van der Waals surface area contributed by atoms with Crippen LogP contribution in [0.15, 0.2) is 42.5 Å². The normalized spacial score (nSPS) is 12.0. The van der Waals surface area contributed by atoms with Gasteiger partial charge in [0.2, 0.25) is 0 Å². The zero-order valence-electron chi connectivity index (χ0n) is 12.1. The molecule has 2 aromatic rings. The van der Waals surface area contributed by atoms with Gasteiger partial charge in [-0.2, -0.15) is 0 Å². The van der Waals surface area contributed by atoms with E-state index in [1.165, 1.54) is 0 Å². The van der Waals surface area contributed by atoms with Crippen molar-refractivity contribution >= 4 is 0 Å². The molecule has 0 bridgehead atoms. The minimum Gasteiger partial charge on any atom is -0.497 e. The van der Waals surface area contributed by atoms with Gasteiger partial charge in [0.15, 0.2) is 0 Å². The molecule has 0 radical (unpaired) electrons. The third kappa shape index (κ3) is 3.11. The first-order valence-electron chi connectivity index (χ1n) is 6.60. The van der Waals surface area contributed by atoms with E-state index in [-0.39, 0.29) is 0 Å². The fraction of sp³-hybridized carbons (Fsp3) is 0.294. The highest BCUT2D eigenvalue weighted by Gasteiger charge is 2.14. The summed E-state index contributed by atoms with van der Waals surface area (Å²) >= 11 is 0. The van der Waals surface area contributed by atoms with E-state index in [9.17, 15) is 5.11 Å². The molecule has 0 fully saturated rings. The minimum atomic E-state index is -0.558. The van der Waals surface area contributed by atoms with E-state index in [4.69, 9.17) is 9.47 Å². The van der Waals surface area contributed by atoms with Crippen LogP contribution in [-0.2, 0) is 6.42 Å². The molecule has 0 aliphatic carbocycles. The van der Waals surface area contributed by atoms with Gasteiger partial charge in [0.05, 0.1) is 20.3 Å². The summed E-state index contributed by atoms with van der Waals surface area (Å²) in [6, 6.07) is 13.5. The lowest BCUT2D eigenvalue weighted by atomic mass is 9.97. The average Bonchev–Trinajstić information content (AvgIpc) is 2.47. The van der Waals surface area contributed by atoms with Gasteiger partial charge in [-0.15, -0.1) is 0 Å². The molecule has 1 atom stereocenters. The molecular formula is C17H20O3. The zero-order chi connectivity index (χ0) is 14.5. The molecule has 1 N–H and O–H groups in total. The summed E-state index contributed by atoms with van der Waals surface area (Å²) in [7, 11) is 3.28. The Morgan fingerprint density at radius 1 is 1.05 bits per heavy atom. The quantitative estimate of drug-likeness (QED) is 0.907. The number of aryl methyl sites for hydroxylation is 1. The van der Waals surface area contributed by atoms with Crippen LogP contribution in [0.1, 0.15) is 22.8 Å². The number of benzene rings is 2. The second kappa shape index (κ2) is 6.44. The molecule has 0 aliphatic rings. The summed E-state index contributed by atoms with van der Waals surface area (Å²) in [6.45, 7) is 1.98. The maximum atomic E-state index is 10.4. The molecule has 0 heterocycles. The fourth-order valence-corrected chi connectivity index (χ4v) is 2.34. The van der Waals surface area contributed by atoms with Gasteiger partial charge >= 0.3 is 0 Å². The Labute approximate surface area is 119 Å². The van der Waals surface area contributed by atoms with Crippen LogP contribution in [0.5, 0.6) is 11.5 Å². The van der Waals surface area contributed by atoms with Gasteiger partial charge in [0.25, 0.3) is 0 Å². The van der Waals surface area contributed by atoms with Crippen molar-refractivity contribution in [3.8, 4) is 11.5 Å². The van der Waals surface area contributed by atoms with Crippen molar-refractivity contribution in [2.24, 2.45) is 0 Å². The molecule has 0 amide bonds. The minimum absolute atomic E-state index is 0.525. The van der Waals surface area contributed by atoms with Crippen LogP contribution in [0.3, 0.4) is 0 Å². The lowest BCUT2D eigenvalue weighted by molar-refractivity contribution is 0.176. The van der Waals surface area contributed by atoms with E-state index in [2.05, 4.69) is 0 Å². The Morgan fingerprint density at radius 3 is 2.45 bits per heavy atom. The van der Waals surface area contributed by atoms with Gasteiger partial charge in [-0.3, -0.25) is 0 Å². The topological polar surface area (TPSA) is 38.7 Å². The molecule has 3 nitrogen and oxygen atoms in total. The van der Waals surface area contributed by atoms with Crippen LogP contribution in [0.25, 0.3) is 0 Å². The molecular weight excluding hydrogens is 252 g/mol. The van der Waals surface area contributed by atoms with E-state index >= 15 is 0 Å². The van der Waals surface area contributed by atoms with Crippen LogP contribution < -0.4 is 9.47 Å². The first kappa shape index (κ1) is 14.4. The van der Waals surface area contributed by atoms with Gasteiger partial charge in [-0.05, 0) is 41.8 Å². The van der Waals surface area contributed by atoms with Crippen molar-refractivity contribution in [1.29, 1.82) is 0 Å². The predicted molar refractivity (Wildman–Crippen MR) is 79.4 cm³/mol. The Kier molecular flexibility index (Phi) is 4.64. The monoisotopic (exact) mass is 272 g/mol. The van der Waals surface area contributed by atoms with Crippen LogP contribution in [0.4, 0.5) is 0 Å². The van der Waals surface area contributed by atoms with Gasteiger partial charge in [0, 0.05) is 6.42 Å². The van der Waals surface area contributed by atoms with Gasteiger partial charge in [-0.1, -0.05) is 24.3 Å². The first-order chi connectivity index (χ1) is 9.65. The highest BCUT2D eigenvalue weighted by Crippen LogP contribution is 2.28. The highest BCUT2D eigenvalue weighted by atomic mass is 16.5. The second-order valence-electron chi connectivity index (χ2n) is 4.75. The third-order valence-corrected chi connectivity index (χ3v) is 3.44. The molecule has 1 unspecified atom stereocenters. The van der Waals surface area contributed by atoms with Crippen molar-refractivity contribution in [1.82, 2.24) is 0 Å². The molecule has 0 saturated heterocycles. The molecule has 3 heteroatoms. The van der Waals surface area contributed by atoms with E-state index in [1.807, 2.05) is 49.4 Å². The zero-order valence-corrected chi connectivity index (χ0v) is 12.1. The van der Waals surface area contributed by atoms with Gasteiger partial charge in [0.1, 0.15) is 11.5 Å². The van der Waals surface area contributed by atoms with E-state index < -0.39 is 6.10 Å². The Balaban J connectivity index is 2.21. The number of ether oxygens (including phenoxy) is 2. The molecule has 20 heavy (non-hydrogen) atoms. The molecule has 0 saturated carbocycles. The van der Waals surface area contributed by atoms with Gasteiger partial charge in [-0.25, -0.2) is 0 Å². The Morgan fingerprint density at radius 2 is 1.80 bits per heavy atom. The highest BCUT2D eigenvalue weighted by molar-refractivity contribution is 5.39. The number of rotatable bonds is 5. The van der Waals surface area contributed by atoms with Crippen molar-refractivity contribution in [3.63, 3.8) is 0 Å². The fourth-order valence-electron chi connectivity index (χ4n) is 2.34. The molecule has 2 aromatic carbocycles. The summed E-state index contributed by atoms with van der Waals surface area (Å²) in [5, 5.41) is 10.4. The van der Waals surface area contributed by atoms with Crippen LogP contribution >= 0.6 is 0 Å². The summed E-state index contributed by atoms with van der Waals surface area (Å²) in [5.41, 5.74) is 2.93. The molecule has 0 aliphatic heterocycles. The third-order valence-electron chi connectivity index (χ3n) is 3.44. The summed E-state index contributed by atoms with van der Waals surface area (Å²) in [6.07, 6.45) is -0.0332. The SMILES string of the molecule is COc1ccc(C(O)Cc2ccccc2OC)c(C)c1. The average molecular weight is 272 g/mol. The number of aliphatic hydroxyl groups excluding tert-OH is 1. The largest absolute Gasteiger partial charge is 0.497 e. The summed E-state index contributed by atoms with van der Waals surface area (Å²) in [4.78, 5) is 0. The standard InChI is InChI=1S/C17H20O3/c1-12-10-14(19-2)8-9-15(12)16(18)11-13-6-4-5-7-17(13)20-3/h4-10,16,18H,11H2,1-3H3. The van der Waals surface area contributed by atoms with Gasteiger partial charge < -0.3 is 14.6 Å². The maximum absolute atomic E-state index is 10.4. The first-order valence-corrected chi connectivity index (χ1v) is 6.60. The van der Waals surface area contributed by atoms with Crippen molar-refractivity contribution in [3.05, 3.63) is 59.2 Å². The number of methoxy groups -OCH3 is 2. The Hall–Kier alpha value is -2.00. The predicted octanol–water partition coefficient (Wildman–Crippen LogP) is 3.29. The number of aliphatic hydroxyl groups is 1. The van der Waals surface area contributed by atoms with Crippen LogP contribution in [0, 0.1) is 6.92 Å². The summed E-state index contributed by atoms with van der Waals surface area (Å²) < 4.78 is 10.5. The maximum Gasteiger partial charge on any atom is 0.122 e. The molecule has 0 spiro atoms. The van der Waals surface area contributed by atoms with E-state index in [0.717, 1.165) is 28.2 Å². The molecule has 106 valence electrons. The van der Waals surface area contributed by atoms with Crippen LogP contribution in [0.2, 0.25) is 0 Å². The van der Waals surface area contributed by atoms with Crippen molar-refractivity contribution in [2.75, 3.05) is 14.2 Å². The van der Waals surface area contributed by atoms with Crippen LogP contribution in [-0.4, -0.2) is 19.3 Å². The molecule has 0 aromatic heterocycles. The number of hydrogen-bond donors (Lipinski definition) is 1. The second-order valence-corrected chi connectivity index (χ2v) is 4.75. The number of para-hydroxylation sites is 1. The summed E-state index contributed by atoms with van der Waals surface area (Å²) in [5.74, 6) is 1.61.